The number of carbonyl (C=O) groups excluding carboxylic acids is 1. The van der Waals surface area contributed by atoms with Gasteiger partial charge in [-0.05, 0) is 69.0 Å². The molecular weight excluding hydrogens is 398 g/mol. The van der Waals surface area contributed by atoms with Gasteiger partial charge in [0.2, 0.25) is 0 Å². The van der Waals surface area contributed by atoms with Crippen molar-refractivity contribution in [2.24, 2.45) is 5.73 Å². The van der Waals surface area contributed by atoms with E-state index in [0.717, 1.165) is 31.2 Å². The largest absolute Gasteiger partial charge is 0.349 e. The van der Waals surface area contributed by atoms with Crippen LogP contribution in [0, 0.1) is 6.92 Å². The Kier molecular flexibility index (Phi) is 7.46. The van der Waals surface area contributed by atoms with Crippen LogP contribution in [0.5, 0.6) is 0 Å². The van der Waals surface area contributed by atoms with Crippen LogP contribution in [0.1, 0.15) is 41.6 Å². The van der Waals surface area contributed by atoms with E-state index in [9.17, 15) is 13.2 Å². The van der Waals surface area contributed by atoms with E-state index in [1.165, 1.54) is 24.3 Å². The van der Waals surface area contributed by atoms with Crippen LogP contribution in [0.2, 0.25) is 0 Å². The number of carbonyl (C=O) groups is 1. The minimum absolute atomic E-state index is 0. The summed E-state index contributed by atoms with van der Waals surface area (Å²) in [5.41, 5.74) is 7.87. The van der Waals surface area contributed by atoms with Crippen molar-refractivity contribution in [3.05, 3.63) is 59.7 Å². The topological polar surface area (TPSA) is 101 Å². The molecule has 0 atom stereocenters. The number of hydrogen-bond donors (Lipinski definition) is 3. The van der Waals surface area contributed by atoms with Gasteiger partial charge in [-0.15, -0.1) is 12.4 Å². The maximum atomic E-state index is 12.5. The fourth-order valence-electron chi connectivity index (χ4n) is 3.15. The van der Waals surface area contributed by atoms with Crippen LogP contribution in [0.25, 0.3) is 0 Å². The van der Waals surface area contributed by atoms with Crippen molar-refractivity contribution in [1.29, 1.82) is 0 Å². The van der Waals surface area contributed by atoms with Crippen molar-refractivity contribution < 1.29 is 13.2 Å². The Morgan fingerprint density at radius 1 is 0.964 bits per heavy atom. The first-order valence-corrected chi connectivity index (χ1v) is 10.6. The molecule has 0 radical (unpaired) electrons. The molecule has 0 spiro atoms. The molecule has 2 aromatic carbocycles. The van der Waals surface area contributed by atoms with Gasteiger partial charge in [-0.3, -0.25) is 9.52 Å². The fourth-order valence-corrected chi connectivity index (χ4v) is 4.21. The van der Waals surface area contributed by atoms with Gasteiger partial charge in [-0.1, -0.05) is 17.7 Å². The number of rotatable bonds is 5. The molecule has 1 saturated carbocycles. The van der Waals surface area contributed by atoms with E-state index < -0.39 is 10.0 Å². The van der Waals surface area contributed by atoms with Crippen LogP contribution < -0.4 is 15.8 Å². The average molecular weight is 424 g/mol. The zero-order valence-electron chi connectivity index (χ0n) is 15.7. The van der Waals surface area contributed by atoms with Crippen LogP contribution >= 0.6 is 12.4 Å². The Balaban J connectivity index is 0.00000280. The molecule has 3 rings (SSSR count). The minimum atomic E-state index is -3.70. The molecule has 1 aliphatic rings. The maximum Gasteiger partial charge on any atom is 0.261 e. The van der Waals surface area contributed by atoms with Crippen molar-refractivity contribution in [3.8, 4) is 0 Å². The number of benzene rings is 2. The predicted octanol–water partition coefficient (Wildman–Crippen LogP) is 3.22. The number of aryl methyl sites for hydroxylation is 1. The molecule has 0 heterocycles. The third-order valence-electron chi connectivity index (χ3n) is 4.84. The monoisotopic (exact) mass is 423 g/mol. The molecule has 2 aromatic rings. The van der Waals surface area contributed by atoms with Crippen molar-refractivity contribution >= 4 is 34.0 Å². The Bertz CT molecular complexity index is 891. The summed E-state index contributed by atoms with van der Waals surface area (Å²) in [7, 11) is -3.70. The lowest BCUT2D eigenvalue weighted by Gasteiger charge is -2.26. The van der Waals surface area contributed by atoms with E-state index in [2.05, 4.69) is 10.0 Å². The average Bonchev–Trinajstić information content (AvgIpc) is 2.65. The molecule has 0 bridgehead atoms. The number of hydrogen-bond acceptors (Lipinski definition) is 4. The highest BCUT2D eigenvalue weighted by molar-refractivity contribution is 7.92. The van der Waals surface area contributed by atoms with E-state index in [1.807, 2.05) is 19.1 Å². The van der Waals surface area contributed by atoms with Gasteiger partial charge in [0, 0.05) is 23.3 Å². The zero-order valence-corrected chi connectivity index (χ0v) is 17.4. The third-order valence-corrected chi connectivity index (χ3v) is 6.23. The zero-order chi connectivity index (χ0) is 19.4. The minimum Gasteiger partial charge on any atom is -0.349 e. The van der Waals surface area contributed by atoms with Gasteiger partial charge in [-0.25, -0.2) is 8.42 Å². The predicted molar refractivity (Wildman–Crippen MR) is 113 cm³/mol. The van der Waals surface area contributed by atoms with Crippen molar-refractivity contribution in [1.82, 2.24) is 5.32 Å². The molecule has 0 aliphatic heterocycles. The van der Waals surface area contributed by atoms with Gasteiger partial charge in [0.15, 0.2) is 0 Å². The lowest BCUT2D eigenvalue weighted by molar-refractivity contribution is 0.0926. The molecule has 1 fully saturated rings. The van der Waals surface area contributed by atoms with Gasteiger partial charge in [0.25, 0.3) is 15.9 Å². The van der Waals surface area contributed by atoms with Crippen LogP contribution in [-0.2, 0) is 10.0 Å². The number of halogens is 1. The second kappa shape index (κ2) is 9.41. The summed E-state index contributed by atoms with van der Waals surface area (Å²) in [5, 5.41) is 3.00. The number of anilines is 1. The Labute approximate surface area is 172 Å². The molecule has 1 aliphatic carbocycles. The van der Waals surface area contributed by atoms with Crippen molar-refractivity contribution in [3.63, 3.8) is 0 Å². The molecule has 0 aromatic heterocycles. The second-order valence-corrected chi connectivity index (χ2v) is 8.76. The Morgan fingerprint density at radius 2 is 1.54 bits per heavy atom. The molecular formula is C20H26ClN3O3S. The maximum absolute atomic E-state index is 12.5. The van der Waals surface area contributed by atoms with Gasteiger partial charge < -0.3 is 11.1 Å². The van der Waals surface area contributed by atoms with E-state index in [-0.39, 0.29) is 35.3 Å². The van der Waals surface area contributed by atoms with Gasteiger partial charge in [0.05, 0.1) is 4.90 Å². The molecule has 1 amide bonds. The summed E-state index contributed by atoms with van der Waals surface area (Å²) >= 11 is 0. The molecule has 4 N–H and O–H groups in total. The lowest BCUT2D eigenvalue weighted by atomic mass is 9.91. The number of nitrogens with one attached hydrogen (secondary N) is 2. The van der Waals surface area contributed by atoms with Crippen LogP contribution in [-0.4, -0.2) is 26.4 Å². The van der Waals surface area contributed by atoms with E-state index in [1.54, 1.807) is 12.1 Å². The summed E-state index contributed by atoms with van der Waals surface area (Å²) in [6, 6.07) is 13.4. The molecule has 8 heteroatoms. The highest BCUT2D eigenvalue weighted by atomic mass is 35.5. The van der Waals surface area contributed by atoms with Gasteiger partial charge in [0.1, 0.15) is 0 Å². The first-order chi connectivity index (χ1) is 12.8. The van der Waals surface area contributed by atoms with E-state index >= 15 is 0 Å². The summed E-state index contributed by atoms with van der Waals surface area (Å²) in [4.78, 5) is 12.5. The molecule has 0 unspecified atom stereocenters. The molecule has 28 heavy (non-hydrogen) atoms. The summed E-state index contributed by atoms with van der Waals surface area (Å²) in [5.74, 6) is -0.189. The fraction of sp³-hybridized carbons (Fsp3) is 0.350. The Hall–Kier alpha value is -2.09. The van der Waals surface area contributed by atoms with Crippen LogP contribution in [0.3, 0.4) is 0 Å². The quantitative estimate of drug-likeness (QED) is 0.687. The standard InChI is InChI=1S/C20H25N3O3S.ClH/c1-14-2-8-18(9-3-14)23-27(25,26)19-12-4-15(5-13-19)20(24)22-17-10-6-16(21)7-11-17;/h2-5,8-9,12-13,16-17,23H,6-7,10-11,21H2,1H3,(H,22,24);1H. The SMILES string of the molecule is Cc1ccc(NS(=O)(=O)c2ccc(C(=O)NC3CCC(N)CC3)cc2)cc1.Cl. The highest BCUT2D eigenvalue weighted by Crippen LogP contribution is 2.19. The van der Waals surface area contributed by atoms with Gasteiger partial charge in [-0.2, -0.15) is 0 Å². The van der Waals surface area contributed by atoms with E-state index in [0.29, 0.717) is 11.3 Å². The van der Waals surface area contributed by atoms with Crippen LogP contribution in [0.4, 0.5) is 5.69 Å². The highest BCUT2D eigenvalue weighted by Gasteiger charge is 2.21. The third kappa shape index (κ3) is 5.70. The number of amides is 1. The van der Waals surface area contributed by atoms with Gasteiger partial charge >= 0.3 is 0 Å². The first kappa shape index (κ1) is 22.2. The number of nitrogens with two attached hydrogens (primary N) is 1. The summed E-state index contributed by atoms with van der Waals surface area (Å²) in [6.07, 6.45) is 3.57. The first-order valence-electron chi connectivity index (χ1n) is 9.09. The molecule has 6 nitrogen and oxygen atoms in total. The van der Waals surface area contributed by atoms with E-state index in [4.69, 9.17) is 5.73 Å². The lowest BCUT2D eigenvalue weighted by Crippen LogP contribution is -2.40. The van der Waals surface area contributed by atoms with Crippen LogP contribution in [0.15, 0.2) is 53.4 Å². The van der Waals surface area contributed by atoms with Crippen molar-refractivity contribution in [2.45, 2.75) is 49.6 Å². The second-order valence-electron chi connectivity index (χ2n) is 7.08. The van der Waals surface area contributed by atoms with Crippen molar-refractivity contribution in [2.75, 3.05) is 4.72 Å². The Morgan fingerprint density at radius 3 is 2.11 bits per heavy atom. The smallest absolute Gasteiger partial charge is 0.261 e. The normalized spacial score (nSPS) is 19.4. The summed E-state index contributed by atoms with van der Waals surface area (Å²) < 4.78 is 27.5. The number of sulfonamides is 1. The molecule has 0 saturated heterocycles. The summed E-state index contributed by atoms with van der Waals surface area (Å²) in [6.45, 7) is 1.93. The molecule has 152 valence electrons.